The summed E-state index contributed by atoms with van der Waals surface area (Å²) in [7, 11) is 0. The molecule has 0 bridgehead atoms. The van der Waals surface area contributed by atoms with Gasteiger partial charge in [0.1, 0.15) is 0 Å². The second-order valence-corrected chi connectivity index (χ2v) is 11.4. The van der Waals surface area contributed by atoms with Gasteiger partial charge in [0.15, 0.2) is 5.82 Å². The molecule has 0 atom stereocenters. The van der Waals surface area contributed by atoms with Crippen molar-refractivity contribution in [3.05, 3.63) is 164 Å². The molecule has 0 radical (unpaired) electrons. The number of aromatic nitrogens is 3. The molecule has 3 nitrogen and oxygen atoms in total. The molecule has 2 aromatic heterocycles. The average Bonchev–Trinajstić information content (AvgIpc) is 3.45. The lowest BCUT2D eigenvalue weighted by Crippen LogP contribution is -2.00. The monoisotopic (exact) mass is 573 g/mol. The van der Waals surface area contributed by atoms with E-state index in [4.69, 9.17) is 9.97 Å². The van der Waals surface area contributed by atoms with Crippen molar-refractivity contribution in [1.29, 1.82) is 0 Å². The summed E-state index contributed by atoms with van der Waals surface area (Å²) in [6.45, 7) is 0. The molecule has 3 heteroatoms. The van der Waals surface area contributed by atoms with Crippen molar-refractivity contribution in [2.75, 3.05) is 0 Å². The van der Waals surface area contributed by atoms with Crippen LogP contribution in [0.2, 0.25) is 0 Å². The summed E-state index contributed by atoms with van der Waals surface area (Å²) in [6.07, 6.45) is 0. The highest BCUT2D eigenvalue weighted by Gasteiger charge is 2.20. The Balaban J connectivity index is 1.40. The third-order valence-electron chi connectivity index (χ3n) is 8.78. The van der Waals surface area contributed by atoms with Gasteiger partial charge in [-0.25, -0.2) is 9.97 Å². The van der Waals surface area contributed by atoms with Gasteiger partial charge in [-0.05, 0) is 35.4 Å². The molecule has 0 spiro atoms. The molecule has 2 heterocycles. The molecule has 9 rings (SSSR count). The van der Waals surface area contributed by atoms with Crippen LogP contribution in [0.1, 0.15) is 0 Å². The maximum absolute atomic E-state index is 5.23. The van der Waals surface area contributed by atoms with Crippen molar-refractivity contribution in [1.82, 2.24) is 14.5 Å². The molecule has 0 saturated heterocycles. The number of para-hydroxylation sites is 1. The van der Waals surface area contributed by atoms with Gasteiger partial charge in [-0.3, -0.25) is 0 Å². The van der Waals surface area contributed by atoms with E-state index in [1.54, 1.807) is 0 Å². The Morgan fingerprint density at radius 3 is 1.67 bits per heavy atom. The van der Waals surface area contributed by atoms with E-state index < -0.39 is 0 Å². The normalized spacial score (nSPS) is 11.6. The van der Waals surface area contributed by atoms with Crippen molar-refractivity contribution >= 4 is 43.5 Å². The number of rotatable bonds is 4. The van der Waals surface area contributed by atoms with Crippen LogP contribution in [0.4, 0.5) is 0 Å². The number of nitrogens with zero attached hydrogens (tertiary/aromatic N) is 3. The van der Waals surface area contributed by atoms with Crippen molar-refractivity contribution in [2.24, 2.45) is 0 Å². The number of fused-ring (bicyclic) bond motifs is 6. The summed E-state index contributed by atoms with van der Waals surface area (Å²) in [6, 6.07) is 57.8. The van der Waals surface area contributed by atoms with E-state index in [9.17, 15) is 0 Å². The summed E-state index contributed by atoms with van der Waals surface area (Å²) >= 11 is 0. The van der Waals surface area contributed by atoms with E-state index in [2.05, 4.69) is 144 Å². The molecule has 0 N–H and O–H groups in total. The largest absolute Gasteiger partial charge is 0.309 e. The van der Waals surface area contributed by atoms with Crippen molar-refractivity contribution in [3.8, 4) is 39.5 Å². The maximum Gasteiger partial charge on any atom is 0.160 e. The van der Waals surface area contributed by atoms with Crippen LogP contribution in [0.3, 0.4) is 0 Å². The SMILES string of the molecule is c1ccc(-c2ccc3c(c2)c2ccccc2n3-c2cc3c(-c4ccccc4)nc(-c4ccccc4)nc3c3ccccc23)cc1. The Morgan fingerprint density at radius 1 is 0.356 bits per heavy atom. The van der Waals surface area contributed by atoms with Gasteiger partial charge in [-0.15, -0.1) is 0 Å². The first kappa shape index (κ1) is 25.4. The highest BCUT2D eigenvalue weighted by Crippen LogP contribution is 2.40. The van der Waals surface area contributed by atoms with Crippen molar-refractivity contribution in [2.45, 2.75) is 0 Å². The lowest BCUT2D eigenvalue weighted by Gasteiger charge is -2.17. The van der Waals surface area contributed by atoms with Crippen LogP contribution in [0.25, 0.3) is 82.9 Å². The molecule has 0 fully saturated rings. The van der Waals surface area contributed by atoms with Gasteiger partial charge in [0.05, 0.1) is 27.9 Å². The second-order valence-electron chi connectivity index (χ2n) is 11.4. The topological polar surface area (TPSA) is 30.7 Å². The fraction of sp³-hybridized carbons (Fsp3) is 0. The number of hydrogen-bond acceptors (Lipinski definition) is 2. The van der Waals surface area contributed by atoms with Gasteiger partial charge in [-0.1, -0.05) is 140 Å². The smallest absolute Gasteiger partial charge is 0.160 e. The molecule has 9 aromatic rings. The van der Waals surface area contributed by atoms with Crippen LogP contribution >= 0.6 is 0 Å². The minimum absolute atomic E-state index is 0.727. The Morgan fingerprint density at radius 2 is 0.933 bits per heavy atom. The van der Waals surface area contributed by atoms with Gasteiger partial charge < -0.3 is 4.57 Å². The average molecular weight is 574 g/mol. The van der Waals surface area contributed by atoms with E-state index in [1.807, 2.05) is 24.3 Å². The molecule has 45 heavy (non-hydrogen) atoms. The summed E-state index contributed by atoms with van der Waals surface area (Å²) < 4.78 is 2.42. The fourth-order valence-electron chi connectivity index (χ4n) is 6.70. The van der Waals surface area contributed by atoms with Gasteiger partial charge in [0, 0.05) is 38.1 Å². The Kier molecular flexibility index (Phi) is 5.82. The molecule has 0 aliphatic heterocycles. The highest BCUT2D eigenvalue weighted by molar-refractivity contribution is 6.16. The van der Waals surface area contributed by atoms with E-state index in [0.717, 1.165) is 50.0 Å². The fourth-order valence-corrected chi connectivity index (χ4v) is 6.70. The Hall–Kier alpha value is -6.06. The van der Waals surface area contributed by atoms with Gasteiger partial charge in [-0.2, -0.15) is 0 Å². The molecular weight excluding hydrogens is 546 g/mol. The van der Waals surface area contributed by atoms with E-state index in [0.29, 0.717) is 0 Å². The quantitative estimate of drug-likeness (QED) is 0.196. The molecule has 0 aliphatic rings. The molecule has 7 aromatic carbocycles. The Labute approximate surface area is 260 Å². The number of hydrogen-bond donors (Lipinski definition) is 0. The van der Waals surface area contributed by atoms with Crippen LogP contribution in [0, 0.1) is 0 Å². The first-order valence-electron chi connectivity index (χ1n) is 15.3. The molecule has 0 saturated carbocycles. The van der Waals surface area contributed by atoms with E-state index >= 15 is 0 Å². The van der Waals surface area contributed by atoms with Gasteiger partial charge >= 0.3 is 0 Å². The minimum atomic E-state index is 0.727. The molecule has 210 valence electrons. The number of benzene rings is 7. The summed E-state index contributed by atoms with van der Waals surface area (Å²) in [5.74, 6) is 0.727. The summed E-state index contributed by atoms with van der Waals surface area (Å²) in [4.78, 5) is 10.5. The molecule has 0 amide bonds. The standard InChI is InChI=1S/C42H27N3/c1-4-14-28(15-5-1)31-24-25-38-35(26-31)33-21-12-13-23-37(33)45(38)39-27-36-40(29-16-6-2-7-17-29)43-42(30-18-8-3-9-19-30)44-41(36)34-22-11-10-20-32(34)39/h1-27H. The molecular formula is C42H27N3. The van der Waals surface area contributed by atoms with Gasteiger partial charge in [0.2, 0.25) is 0 Å². The predicted octanol–water partition coefficient (Wildman–Crippen LogP) is 10.9. The lowest BCUT2D eigenvalue weighted by molar-refractivity contribution is 1.19. The Bertz CT molecular complexity index is 2510. The summed E-state index contributed by atoms with van der Waals surface area (Å²) in [5.41, 5.74) is 9.83. The van der Waals surface area contributed by atoms with Crippen molar-refractivity contribution < 1.29 is 0 Å². The van der Waals surface area contributed by atoms with E-state index in [-0.39, 0.29) is 0 Å². The third-order valence-corrected chi connectivity index (χ3v) is 8.78. The maximum atomic E-state index is 5.23. The highest BCUT2D eigenvalue weighted by atomic mass is 15.0. The summed E-state index contributed by atoms with van der Waals surface area (Å²) in [5, 5.41) is 5.75. The van der Waals surface area contributed by atoms with Crippen LogP contribution < -0.4 is 0 Å². The molecule has 0 unspecified atom stereocenters. The lowest BCUT2D eigenvalue weighted by atomic mass is 9.99. The van der Waals surface area contributed by atoms with Crippen LogP contribution in [0.15, 0.2) is 164 Å². The minimum Gasteiger partial charge on any atom is -0.309 e. The second kappa shape index (κ2) is 10.3. The first-order valence-corrected chi connectivity index (χ1v) is 15.3. The molecule has 0 aliphatic carbocycles. The predicted molar refractivity (Wildman–Crippen MR) is 188 cm³/mol. The van der Waals surface area contributed by atoms with Crippen LogP contribution in [-0.4, -0.2) is 14.5 Å². The zero-order valence-electron chi connectivity index (χ0n) is 24.4. The van der Waals surface area contributed by atoms with Crippen LogP contribution in [0.5, 0.6) is 0 Å². The third kappa shape index (κ3) is 4.13. The van der Waals surface area contributed by atoms with Gasteiger partial charge in [0.25, 0.3) is 0 Å². The van der Waals surface area contributed by atoms with Crippen molar-refractivity contribution in [3.63, 3.8) is 0 Å². The van der Waals surface area contributed by atoms with Crippen LogP contribution in [-0.2, 0) is 0 Å². The zero-order chi connectivity index (χ0) is 29.7. The first-order chi connectivity index (χ1) is 22.3. The zero-order valence-corrected chi connectivity index (χ0v) is 24.4. The van der Waals surface area contributed by atoms with E-state index in [1.165, 1.54) is 32.9 Å².